The molecule has 0 spiro atoms. The van der Waals surface area contributed by atoms with E-state index in [1.54, 1.807) is 13.2 Å². The zero-order valence-corrected chi connectivity index (χ0v) is 8.24. The number of carbonyl (C=O) groups is 1. The van der Waals surface area contributed by atoms with Crippen molar-refractivity contribution in [3.8, 4) is 6.07 Å². The smallest absolute Gasteiger partial charge is 0.225 e. The third-order valence-corrected chi connectivity index (χ3v) is 1.68. The van der Waals surface area contributed by atoms with E-state index in [-0.39, 0.29) is 5.91 Å². The van der Waals surface area contributed by atoms with Gasteiger partial charge in [0, 0.05) is 19.7 Å². The van der Waals surface area contributed by atoms with Gasteiger partial charge in [-0.25, -0.2) is 0 Å². The van der Waals surface area contributed by atoms with Gasteiger partial charge >= 0.3 is 0 Å². The SMILES string of the molecule is CCCC(=O)Nc1nn(C)cc1C#N. The van der Waals surface area contributed by atoms with E-state index >= 15 is 0 Å². The number of hydrogen-bond donors (Lipinski definition) is 1. The molecule has 0 saturated heterocycles. The van der Waals surface area contributed by atoms with Gasteiger partial charge in [-0.2, -0.15) is 10.4 Å². The lowest BCUT2D eigenvalue weighted by atomic mass is 10.3. The van der Waals surface area contributed by atoms with Crippen LogP contribution in [0.2, 0.25) is 0 Å². The number of aryl methyl sites for hydroxylation is 1. The number of nitrogens with zero attached hydrogens (tertiary/aromatic N) is 3. The van der Waals surface area contributed by atoms with Gasteiger partial charge in [0.1, 0.15) is 11.6 Å². The highest BCUT2D eigenvalue weighted by atomic mass is 16.1. The zero-order valence-electron chi connectivity index (χ0n) is 8.24. The molecule has 5 heteroatoms. The van der Waals surface area contributed by atoms with Gasteiger partial charge in [-0.3, -0.25) is 9.48 Å². The van der Waals surface area contributed by atoms with E-state index in [1.807, 2.05) is 13.0 Å². The highest BCUT2D eigenvalue weighted by Crippen LogP contribution is 2.10. The molecule has 74 valence electrons. The normalized spacial score (nSPS) is 9.50. The maximum Gasteiger partial charge on any atom is 0.225 e. The second-order valence-electron chi connectivity index (χ2n) is 2.98. The first-order valence-corrected chi connectivity index (χ1v) is 4.41. The third kappa shape index (κ3) is 2.33. The molecule has 1 heterocycles. The highest BCUT2D eigenvalue weighted by molar-refractivity contribution is 5.90. The van der Waals surface area contributed by atoms with Crippen molar-refractivity contribution < 1.29 is 4.79 Å². The van der Waals surface area contributed by atoms with Crippen molar-refractivity contribution in [1.82, 2.24) is 9.78 Å². The van der Waals surface area contributed by atoms with Crippen LogP contribution >= 0.6 is 0 Å². The molecule has 0 unspecified atom stereocenters. The number of aromatic nitrogens is 2. The summed E-state index contributed by atoms with van der Waals surface area (Å²) in [5.74, 6) is 0.233. The Labute approximate surface area is 82.3 Å². The first kappa shape index (κ1) is 10.3. The number of carbonyl (C=O) groups excluding carboxylic acids is 1. The van der Waals surface area contributed by atoms with E-state index < -0.39 is 0 Å². The summed E-state index contributed by atoms with van der Waals surface area (Å²) in [6, 6.07) is 1.97. The van der Waals surface area contributed by atoms with Crippen molar-refractivity contribution >= 4 is 11.7 Å². The van der Waals surface area contributed by atoms with Crippen molar-refractivity contribution in [2.24, 2.45) is 7.05 Å². The van der Waals surface area contributed by atoms with Crippen LogP contribution in [0.4, 0.5) is 5.82 Å². The van der Waals surface area contributed by atoms with Gasteiger partial charge in [-0.1, -0.05) is 6.92 Å². The molecule has 1 N–H and O–H groups in total. The molecule has 0 saturated carbocycles. The van der Waals surface area contributed by atoms with Gasteiger partial charge in [0.25, 0.3) is 0 Å². The van der Waals surface area contributed by atoms with Crippen LogP contribution in [0.1, 0.15) is 25.3 Å². The van der Waals surface area contributed by atoms with E-state index in [0.717, 1.165) is 6.42 Å². The third-order valence-electron chi connectivity index (χ3n) is 1.68. The molecule has 14 heavy (non-hydrogen) atoms. The summed E-state index contributed by atoms with van der Waals surface area (Å²) in [6.45, 7) is 1.92. The Morgan fingerprint density at radius 2 is 2.50 bits per heavy atom. The minimum Gasteiger partial charge on any atom is -0.308 e. The maximum atomic E-state index is 11.2. The first-order chi connectivity index (χ1) is 6.67. The lowest BCUT2D eigenvalue weighted by molar-refractivity contribution is -0.116. The molecule has 0 aromatic carbocycles. The molecule has 0 aliphatic rings. The zero-order chi connectivity index (χ0) is 10.6. The van der Waals surface area contributed by atoms with Crippen molar-refractivity contribution in [2.75, 3.05) is 5.32 Å². The lowest BCUT2D eigenvalue weighted by Crippen LogP contribution is -2.12. The molecule has 1 rings (SSSR count). The summed E-state index contributed by atoms with van der Waals surface area (Å²) in [5.41, 5.74) is 0.386. The maximum absolute atomic E-state index is 11.2. The minimum atomic E-state index is -0.109. The molecule has 0 atom stereocenters. The Kier molecular flexibility index (Phi) is 3.24. The van der Waals surface area contributed by atoms with Gasteiger partial charge < -0.3 is 5.32 Å². The van der Waals surface area contributed by atoms with Crippen LogP contribution in [0, 0.1) is 11.3 Å². The predicted octanol–water partition coefficient (Wildman–Crippen LogP) is 1.03. The van der Waals surface area contributed by atoms with Crippen LogP contribution in [0.15, 0.2) is 6.20 Å². The quantitative estimate of drug-likeness (QED) is 0.777. The number of rotatable bonds is 3. The van der Waals surface area contributed by atoms with Crippen LogP contribution in [-0.2, 0) is 11.8 Å². The Morgan fingerprint density at radius 3 is 3.07 bits per heavy atom. The van der Waals surface area contributed by atoms with Crippen LogP contribution in [0.5, 0.6) is 0 Å². The Morgan fingerprint density at radius 1 is 1.79 bits per heavy atom. The van der Waals surface area contributed by atoms with E-state index in [2.05, 4.69) is 10.4 Å². The van der Waals surface area contributed by atoms with Crippen molar-refractivity contribution in [3.05, 3.63) is 11.8 Å². The molecule has 0 fully saturated rings. The van der Waals surface area contributed by atoms with Gasteiger partial charge in [-0.15, -0.1) is 0 Å². The monoisotopic (exact) mass is 192 g/mol. The summed E-state index contributed by atoms with van der Waals surface area (Å²) in [4.78, 5) is 11.2. The molecule has 1 amide bonds. The van der Waals surface area contributed by atoms with Gasteiger partial charge in [0.2, 0.25) is 5.91 Å². The number of amides is 1. The number of nitriles is 1. The molecule has 1 aromatic rings. The fourth-order valence-electron chi connectivity index (χ4n) is 1.08. The van der Waals surface area contributed by atoms with Crippen LogP contribution in [0.3, 0.4) is 0 Å². The molecule has 0 radical (unpaired) electrons. The highest BCUT2D eigenvalue weighted by Gasteiger charge is 2.09. The number of anilines is 1. The molecular weight excluding hydrogens is 180 g/mol. The van der Waals surface area contributed by atoms with Crippen molar-refractivity contribution in [3.63, 3.8) is 0 Å². The molecule has 0 aliphatic heterocycles. The molecular formula is C9H12N4O. The van der Waals surface area contributed by atoms with Crippen molar-refractivity contribution in [1.29, 1.82) is 5.26 Å². The fourth-order valence-corrected chi connectivity index (χ4v) is 1.08. The number of hydrogen-bond acceptors (Lipinski definition) is 3. The predicted molar refractivity (Wildman–Crippen MR) is 51.5 cm³/mol. The van der Waals surface area contributed by atoms with Gasteiger partial charge in [0.15, 0.2) is 5.82 Å². The van der Waals surface area contributed by atoms with E-state index in [1.165, 1.54) is 4.68 Å². The average Bonchev–Trinajstić information content (AvgIpc) is 2.46. The molecule has 0 aliphatic carbocycles. The Balaban J connectivity index is 2.76. The summed E-state index contributed by atoms with van der Waals surface area (Å²) in [5, 5.41) is 15.3. The van der Waals surface area contributed by atoms with E-state index in [0.29, 0.717) is 17.8 Å². The Bertz CT molecular complexity index is 375. The summed E-state index contributed by atoms with van der Waals surface area (Å²) < 4.78 is 1.50. The topological polar surface area (TPSA) is 70.7 Å². The Hall–Kier alpha value is -1.83. The average molecular weight is 192 g/mol. The van der Waals surface area contributed by atoms with Gasteiger partial charge in [0.05, 0.1) is 0 Å². The molecule has 1 aromatic heterocycles. The lowest BCUT2D eigenvalue weighted by Gasteiger charge is -1.99. The molecule has 5 nitrogen and oxygen atoms in total. The largest absolute Gasteiger partial charge is 0.308 e. The minimum absolute atomic E-state index is 0.109. The summed E-state index contributed by atoms with van der Waals surface area (Å²) in [6.07, 6.45) is 2.80. The molecule has 0 bridgehead atoms. The van der Waals surface area contributed by atoms with Crippen molar-refractivity contribution in [2.45, 2.75) is 19.8 Å². The standard InChI is InChI=1S/C9H12N4O/c1-3-4-8(14)11-9-7(5-10)6-13(2)12-9/h6H,3-4H2,1-2H3,(H,11,12,14). The van der Waals surface area contributed by atoms with Crippen LogP contribution in [0.25, 0.3) is 0 Å². The van der Waals surface area contributed by atoms with Gasteiger partial charge in [-0.05, 0) is 6.42 Å². The fraction of sp³-hybridized carbons (Fsp3) is 0.444. The first-order valence-electron chi connectivity index (χ1n) is 4.41. The van der Waals surface area contributed by atoms with E-state index in [9.17, 15) is 4.79 Å². The van der Waals surface area contributed by atoms with Crippen LogP contribution in [-0.4, -0.2) is 15.7 Å². The van der Waals surface area contributed by atoms with E-state index in [4.69, 9.17) is 5.26 Å². The van der Waals surface area contributed by atoms with Crippen LogP contribution < -0.4 is 5.32 Å². The summed E-state index contributed by atoms with van der Waals surface area (Å²) in [7, 11) is 1.70. The number of nitrogens with one attached hydrogen (secondary N) is 1. The second kappa shape index (κ2) is 4.42. The summed E-state index contributed by atoms with van der Waals surface area (Å²) >= 11 is 0. The second-order valence-corrected chi connectivity index (χ2v) is 2.98.